The molecule has 0 radical (unpaired) electrons. The van der Waals surface area contributed by atoms with Gasteiger partial charge in [0.05, 0.1) is 6.54 Å². The maximum absolute atomic E-state index is 11.8. The number of sulfonamides is 1. The Hall–Kier alpha value is -0.660. The first-order chi connectivity index (χ1) is 7.45. The van der Waals surface area contributed by atoms with Gasteiger partial charge in [0.15, 0.2) is 0 Å². The average Bonchev–Trinajstić information content (AvgIpc) is 2.14. The number of carboxylic acid groups (broad SMARTS) is 1. The molecule has 1 N–H and O–H groups in total. The molecule has 0 aromatic heterocycles. The van der Waals surface area contributed by atoms with Crippen molar-refractivity contribution in [2.75, 3.05) is 32.1 Å². The molecule has 0 aromatic rings. The van der Waals surface area contributed by atoms with Crippen molar-refractivity contribution >= 4 is 16.0 Å². The second kappa shape index (κ2) is 5.60. The molecule has 7 heteroatoms. The van der Waals surface area contributed by atoms with Gasteiger partial charge in [-0.05, 0) is 6.42 Å². The molecular weight excluding hydrogens is 232 g/mol. The lowest BCUT2D eigenvalue weighted by molar-refractivity contribution is -0.138. The Balaban J connectivity index is 2.55. The van der Waals surface area contributed by atoms with Crippen LogP contribution in [0.2, 0.25) is 0 Å². The third kappa shape index (κ3) is 3.73. The summed E-state index contributed by atoms with van der Waals surface area (Å²) < 4.78 is 25.0. The fourth-order valence-corrected chi connectivity index (χ4v) is 3.28. The van der Waals surface area contributed by atoms with Crippen LogP contribution >= 0.6 is 0 Å². The van der Waals surface area contributed by atoms with E-state index in [4.69, 9.17) is 5.11 Å². The van der Waals surface area contributed by atoms with E-state index in [1.54, 1.807) is 0 Å². The number of hydrogen-bond acceptors (Lipinski definition) is 4. The van der Waals surface area contributed by atoms with E-state index < -0.39 is 16.0 Å². The highest BCUT2D eigenvalue weighted by molar-refractivity contribution is 7.89. The summed E-state index contributed by atoms with van der Waals surface area (Å²) in [5.41, 5.74) is 0. The van der Waals surface area contributed by atoms with Gasteiger partial charge >= 0.3 is 5.97 Å². The third-order valence-electron chi connectivity index (χ3n) is 2.52. The Morgan fingerprint density at radius 2 is 2.06 bits per heavy atom. The Morgan fingerprint density at radius 1 is 1.38 bits per heavy atom. The molecule has 0 saturated carbocycles. The molecule has 1 aliphatic heterocycles. The summed E-state index contributed by atoms with van der Waals surface area (Å²) in [7, 11) is -3.29. The number of unbranched alkanes of at least 4 members (excludes halogenated alkanes) is 1. The highest BCUT2D eigenvalue weighted by Crippen LogP contribution is 2.11. The largest absolute Gasteiger partial charge is 0.480 e. The van der Waals surface area contributed by atoms with Gasteiger partial charge in [-0.3, -0.25) is 9.69 Å². The fourth-order valence-electron chi connectivity index (χ4n) is 1.67. The Morgan fingerprint density at radius 3 is 2.56 bits per heavy atom. The number of hydrogen-bond donors (Lipinski definition) is 1. The molecule has 0 unspecified atom stereocenters. The van der Waals surface area contributed by atoms with Gasteiger partial charge < -0.3 is 5.11 Å². The topological polar surface area (TPSA) is 77.9 Å². The van der Waals surface area contributed by atoms with E-state index in [2.05, 4.69) is 0 Å². The molecule has 0 amide bonds. The van der Waals surface area contributed by atoms with Gasteiger partial charge in [-0.15, -0.1) is 0 Å². The molecule has 1 rings (SSSR count). The van der Waals surface area contributed by atoms with Crippen molar-refractivity contribution in [2.24, 2.45) is 0 Å². The van der Waals surface area contributed by atoms with Gasteiger partial charge in [0.25, 0.3) is 0 Å². The van der Waals surface area contributed by atoms with Crippen molar-refractivity contribution < 1.29 is 18.3 Å². The van der Waals surface area contributed by atoms with E-state index in [9.17, 15) is 13.2 Å². The third-order valence-corrected chi connectivity index (χ3v) is 4.37. The Kier molecular flexibility index (Phi) is 4.69. The summed E-state index contributed by atoms with van der Waals surface area (Å²) in [6.45, 7) is 3.23. The van der Waals surface area contributed by atoms with Crippen LogP contribution in [0.4, 0.5) is 0 Å². The van der Waals surface area contributed by atoms with Crippen molar-refractivity contribution in [1.82, 2.24) is 9.21 Å². The minimum absolute atomic E-state index is 0.178. The van der Waals surface area contributed by atoms with Crippen molar-refractivity contribution in [1.29, 1.82) is 0 Å². The molecule has 1 aliphatic rings. The number of carboxylic acids is 1. The first-order valence-electron chi connectivity index (χ1n) is 5.37. The zero-order chi connectivity index (χ0) is 12.2. The smallest absolute Gasteiger partial charge is 0.317 e. The minimum Gasteiger partial charge on any atom is -0.480 e. The molecule has 6 nitrogen and oxygen atoms in total. The Labute approximate surface area is 95.9 Å². The lowest BCUT2D eigenvalue weighted by Crippen LogP contribution is -2.51. The zero-order valence-electron chi connectivity index (χ0n) is 9.42. The van der Waals surface area contributed by atoms with Crippen LogP contribution in [0.1, 0.15) is 19.8 Å². The monoisotopic (exact) mass is 250 g/mol. The SMILES string of the molecule is CCCCN1CCN(CC(=O)O)CS1(=O)=O. The van der Waals surface area contributed by atoms with E-state index >= 15 is 0 Å². The van der Waals surface area contributed by atoms with E-state index in [0.717, 1.165) is 12.8 Å². The quantitative estimate of drug-likeness (QED) is 0.729. The Bertz CT molecular complexity index is 341. The van der Waals surface area contributed by atoms with Crippen LogP contribution in [0.15, 0.2) is 0 Å². The maximum atomic E-state index is 11.8. The first-order valence-corrected chi connectivity index (χ1v) is 6.98. The summed E-state index contributed by atoms with van der Waals surface area (Å²) in [5, 5.41) is 8.59. The lowest BCUT2D eigenvalue weighted by Gasteiger charge is -2.33. The summed E-state index contributed by atoms with van der Waals surface area (Å²) >= 11 is 0. The van der Waals surface area contributed by atoms with Gasteiger partial charge in [-0.1, -0.05) is 13.3 Å². The van der Waals surface area contributed by atoms with E-state index in [0.29, 0.717) is 19.6 Å². The number of carbonyl (C=O) groups is 1. The molecule has 0 spiro atoms. The predicted octanol–water partition coefficient (Wildman–Crippen LogP) is -0.224. The van der Waals surface area contributed by atoms with Crippen LogP contribution in [0, 0.1) is 0 Å². The highest BCUT2D eigenvalue weighted by atomic mass is 32.2. The van der Waals surface area contributed by atoms with E-state index in [1.807, 2.05) is 6.92 Å². The maximum Gasteiger partial charge on any atom is 0.317 e. The molecule has 0 aromatic carbocycles. The molecule has 1 heterocycles. The summed E-state index contributed by atoms with van der Waals surface area (Å²) in [5.74, 6) is -1.17. The molecule has 94 valence electrons. The van der Waals surface area contributed by atoms with Crippen LogP contribution in [0.25, 0.3) is 0 Å². The van der Waals surface area contributed by atoms with Crippen molar-refractivity contribution in [3.8, 4) is 0 Å². The molecule has 1 saturated heterocycles. The highest BCUT2D eigenvalue weighted by Gasteiger charge is 2.30. The summed E-state index contributed by atoms with van der Waals surface area (Å²) in [4.78, 5) is 11.9. The zero-order valence-corrected chi connectivity index (χ0v) is 10.2. The second-order valence-electron chi connectivity index (χ2n) is 3.94. The molecule has 1 fully saturated rings. The molecule has 0 aliphatic carbocycles. The van der Waals surface area contributed by atoms with Gasteiger partial charge in [-0.2, -0.15) is 4.31 Å². The van der Waals surface area contributed by atoms with Crippen molar-refractivity contribution in [3.63, 3.8) is 0 Å². The lowest BCUT2D eigenvalue weighted by atomic mass is 10.3. The number of rotatable bonds is 5. The minimum atomic E-state index is -3.29. The van der Waals surface area contributed by atoms with Gasteiger partial charge in [-0.25, -0.2) is 8.42 Å². The number of aliphatic carboxylic acids is 1. The van der Waals surface area contributed by atoms with Crippen LogP contribution in [-0.4, -0.2) is 60.8 Å². The van der Waals surface area contributed by atoms with Crippen molar-refractivity contribution in [2.45, 2.75) is 19.8 Å². The predicted molar refractivity (Wildman–Crippen MR) is 59.5 cm³/mol. The van der Waals surface area contributed by atoms with Gasteiger partial charge in [0, 0.05) is 19.6 Å². The molecule has 0 bridgehead atoms. The fraction of sp³-hybridized carbons (Fsp3) is 0.889. The molecule has 16 heavy (non-hydrogen) atoms. The van der Waals surface area contributed by atoms with Gasteiger partial charge in [0.2, 0.25) is 10.0 Å². The standard InChI is InChI=1S/C9H18N2O4S/c1-2-3-4-11-6-5-10(7-9(12)13)8-16(11,14)15/h2-8H2,1H3,(H,12,13). The van der Waals surface area contributed by atoms with Crippen LogP contribution < -0.4 is 0 Å². The van der Waals surface area contributed by atoms with Gasteiger partial charge in [0.1, 0.15) is 5.88 Å². The van der Waals surface area contributed by atoms with Crippen LogP contribution in [-0.2, 0) is 14.8 Å². The average molecular weight is 250 g/mol. The van der Waals surface area contributed by atoms with Crippen LogP contribution in [0.3, 0.4) is 0 Å². The summed E-state index contributed by atoms with van der Waals surface area (Å²) in [6, 6.07) is 0. The van der Waals surface area contributed by atoms with E-state index in [-0.39, 0.29) is 12.4 Å². The second-order valence-corrected chi connectivity index (χ2v) is 5.88. The van der Waals surface area contributed by atoms with E-state index in [1.165, 1.54) is 9.21 Å². The van der Waals surface area contributed by atoms with Crippen molar-refractivity contribution in [3.05, 3.63) is 0 Å². The molecule has 0 atom stereocenters. The summed E-state index contributed by atoms with van der Waals surface area (Å²) in [6.07, 6.45) is 1.79. The first kappa shape index (κ1) is 13.4. The molecular formula is C9H18N2O4S. The van der Waals surface area contributed by atoms with Crippen LogP contribution in [0.5, 0.6) is 0 Å². The number of nitrogens with zero attached hydrogens (tertiary/aromatic N) is 2. The normalized spacial score (nSPS) is 22.1.